The van der Waals surface area contributed by atoms with E-state index in [0.29, 0.717) is 0 Å². The Hall–Kier alpha value is -0.980. The molecule has 1 aromatic rings. The average Bonchev–Trinajstić information content (AvgIpc) is 2.18. The Labute approximate surface area is 87.1 Å². The zero-order chi connectivity index (χ0) is 10.6. The lowest BCUT2D eigenvalue weighted by Crippen LogP contribution is -2.00. The van der Waals surface area contributed by atoms with Gasteiger partial charge in [0.05, 0.1) is 6.61 Å². The summed E-state index contributed by atoms with van der Waals surface area (Å²) in [4.78, 5) is 0. The third-order valence-electron chi connectivity index (χ3n) is 2.63. The number of benzene rings is 1. The highest BCUT2D eigenvalue weighted by molar-refractivity contribution is 5.44. The SMILES string of the molecule is CCCc1c(OCC)ccc(C)c1C. The van der Waals surface area contributed by atoms with Crippen LogP contribution in [0.5, 0.6) is 5.75 Å². The zero-order valence-electron chi connectivity index (χ0n) is 9.68. The van der Waals surface area contributed by atoms with Crippen LogP contribution in [0.4, 0.5) is 0 Å². The van der Waals surface area contributed by atoms with Gasteiger partial charge < -0.3 is 4.74 Å². The normalized spacial score (nSPS) is 10.3. The molecule has 0 amide bonds. The molecule has 0 aliphatic rings. The molecule has 0 unspecified atom stereocenters. The summed E-state index contributed by atoms with van der Waals surface area (Å²) in [7, 11) is 0. The van der Waals surface area contributed by atoms with Gasteiger partial charge >= 0.3 is 0 Å². The molecule has 14 heavy (non-hydrogen) atoms. The summed E-state index contributed by atoms with van der Waals surface area (Å²) in [6.07, 6.45) is 2.28. The van der Waals surface area contributed by atoms with Crippen LogP contribution in [-0.4, -0.2) is 6.61 Å². The molecule has 0 aliphatic heterocycles. The summed E-state index contributed by atoms with van der Waals surface area (Å²) in [5.41, 5.74) is 4.13. The molecular formula is C13H20O. The fourth-order valence-electron chi connectivity index (χ4n) is 1.70. The van der Waals surface area contributed by atoms with Crippen molar-refractivity contribution in [2.75, 3.05) is 6.61 Å². The van der Waals surface area contributed by atoms with Crippen molar-refractivity contribution in [2.45, 2.75) is 40.5 Å². The van der Waals surface area contributed by atoms with E-state index in [2.05, 4.69) is 32.9 Å². The van der Waals surface area contributed by atoms with Crippen molar-refractivity contribution in [2.24, 2.45) is 0 Å². The second-order valence-corrected chi connectivity index (χ2v) is 3.67. The van der Waals surface area contributed by atoms with E-state index in [-0.39, 0.29) is 0 Å². The van der Waals surface area contributed by atoms with Crippen LogP contribution in [0.25, 0.3) is 0 Å². The van der Waals surface area contributed by atoms with Gasteiger partial charge in [-0.2, -0.15) is 0 Å². The molecule has 0 N–H and O–H groups in total. The minimum absolute atomic E-state index is 0.749. The van der Waals surface area contributed by atoms with E-state index in [4.69, 9.17) is 4.74 Å². The minimum atomic E-state index is 0.749. The first kappa shape index (κ1) is 11.1. The van der Waals surface area contributed by atoms with Crippen LogP contribution in [0.3, 0.4) is 0 Å². The Morgan fingerprint density at radius 1 is 1.14 bits per heavy atom. The highest BCUT2D eigenvalue weighted by atomic mass is 16.5. The highest BCUT2D eigenvalue weighted by Crippen LogP contribution is 2.26. The highest BCUT2D eigenvalue weighted by Gasteiger charge is 2.07. The van der Waals surface area contributed by atoms with Crippen molar-refractivity contribution >= 4 is 0 Å². The van der Waals surface area contributed by atoms with Crippen LogP contribution in [0.15, 0.2) is 12.1 Å². The lowest BCUT2D eigenvalue weighted by atomic mass is 9.99. The van der Waals surface area contributed by atoms with Gasteiger partial charge in [0.2, 0.25) is 0 Å². The van der Waals surface area contributed by atoms with Gasteiger partial charge in [0, 0.05) is 0 Å². The first-order valence-corrected chi connectivity index (χ1v) is 5.42. The molecule has 0 fully saturated rings. The Bertz CT molecular complexity index is 302. The summed E-state index contributed by atoms with van der Waals surface area (Å²) in [5, 5.41) is 0. The molecule has 78 valence electrons. The van der Waals surface area contributed by atoms with E-state index in [0.717, 1.165) is 18.8 Å². The number of hydrogen-bond donors (Lipinski definition) is 0. The molecule has 0 atom stereocenters. The predicted molar refractivity (Wildman–Crippen MR) is 61.1 cm³/mol. The maximum absolute atomic E-state index is 5.63. The number of ether oxygens (including phenoxy) is 1. The first-order chi connectivity index (χ1) is 6.70. The molecule has 0 bridgehead atoms. The van der Waals surface area contributed by atoms with E-state index in [1.165, 1.54) is 23.1 Å². The summed E-state index contributed by atoms with van der Waals surface area (Å²) < 4.78 is 5.63. The van der Waals surface area contributed by atoms with Crippen molar-refractivity contribution in [1.29, 1.82) is 0 Å². The monoisotopic (exact) mass is 192 g/mol. The molecule has 0 saturated heterocycles. The van der Waals surface area contributed by atoms with Crippen molar-refractivity contribution < 1.29 is 4.74 Å². The molecule has 0 heterocycles. The lowest BCUT2D eigenvalue weighted by molar-refractivity contribution is 0.336. The number of aryl methyl sites for hydroxylation is 1. The second-order valence-electron chi connectivity index (χ2n) is 3.67. The van der Waals surface area contributed by atoms with E-state index in [1.54, 1.807) is 0 Å². The van der Waals surface area contributed by atoms with Crippen molar-refractivity contribution in [3.63, 3.8) is 0 Å². The minimum Gasteiger partial charge on any atom is -0.494 e. The molecule has 0 spiro atoms. The fraction of sp³-hybridized carbons (Fsp3) is 0.538. The number of rotatable bonds is 4. The molecule has 0 aromatic heterocycles. The molecule has 0 aliphatic carbocycles. The van der Waals surface area contributed by atoms with Crippen LogP contribution in [-0.2, 0) is 6.42 Å². The predicted octanol–water partition coefficient (Wildman–Crippen LogP) is 3.65. The molecule has 0 saturated carbocycles. The van der Waals surface area contributed by atoms with E-state index < -0.39 is 0 Å². The van der Waals surface area contributed by atoms with Gasteiger partial charge in [-0.15, -0.1) is 0 Å². The second kappa shape index (κ2) is 5.04. The van der Waals surface area contributed by atoms with Crippen LogP contribution in [0.2, 0.25) is 0 Å². The topological polar surface area (TPSA) is 9.23 Å². The maximum Gasteiger partial charge on any atom is 0.122 e. The molecular weight excluding hydrogens is 172 g/mol. The Kier molecular flexibility index (Phi) is 3.99. The van der Waals surface area contributed by atoms with Gasteiger partial charge in [0.1, 0.15) is 5.75 Å². The fourth-order valence-corrected chi connectivity index (χ4v) is 1.70. The van der Waals surface area contributed by atoms with E-state index >= 15 is 0 Å². The zero-order valence-corrected chi connectivity index (χ0v) is 9.68. The van der Waals surface area contributed by atoms with Gasteiger partial charge in [-0.05, 0) is 49.9 Å². The van der Waals surface area contributed by atoms with Gasteiger partial charge in [-0.25, -0.2) is 0 Å². The van der Waals surface area contributed by atoms with Crippen LogP contribution in [0, 0.1) is 13.8 Å². The summed E-state index contributed by atoms with van der Waals surface area (Å²) in [6, 6.07) is 4.23. The van der Waals surface area contributed by atoms with E-state index in [1.807, 2.05) is 6.92 Å². The Balaban J connectivity index is 3.08. The quantitative estimate of drug-likeness (QED) is 0.707. The van der Waals surface area contributed by atoms with Crippen molar-refractivity contribution in [1.82, 2.24) is 0 Å². The smallest absolute Gasteiger partial charge is 0.122 e. The lowest BCUT2D eigenvalue weighted by Gasteiger charge is -2.14. The molecule has 1 rings (SSSR count). The van der Waals surface area contributed by atoms with Crippen molar-refractivity contribution in [3.05, 3.63) is 28.8 Å². The maximum atomic E-state index is 5.63. The number of hydrogen-bond acceptors (Lipinski definition) is 1. The van der Waals surface area contributed by atoms with Gasteiger partial charge in [0.25, 0.3) is 0 Å². The molecule has 1 nitrogen and oxygen atoms in total. The third-order valence-corrected chi connectivity index (χ3v) is 2.63. The standard InChI is InChI=1S/C13H20O/c1-5-7-12-11(4)10(3)8-9-13(12)14-6-2/h8-9H,5-7H2,1-4H3. The summed E-state index contributed by atoms with van der Waals surface area (Å²) in [5.74, 6) is 1.07. The van der Waals surface area contributed by atoms with Crippen LogP contribution >= 0.6 is 0 Å². The molecule has 1 heteroatoms. The Morgan fingerprint density at radius 3 is 2.43 bits per heavy atom. The van der Waals surface area contributed by atoms with Crippen LogP contribution < -0.4 is 4.74 Å². The van der Waals surface area contributed by atoms with Gasteiger partial charge in [-0.3, -0.25) is 0 Å². The van der Waals surface area contributed by atoms with E-state index in [9.17, 15) is 0 Å². The Morgan fingerprint density at radius 2 is 1.86 bits per heavy atom. The molecule has 1 aromatic carbocycles. The van der Waals surface area contributed by atoms with Gasteiger partial charge in [-0.1, -0.05) is 19.4 Å². The first-order valence-electron chi connectivity index (χ1n) is 5.42. The van der Waals surface area contributed by atoms with Crippen LogP contribution in [0.1, 0.15) is 37.0 Å². The third kappa shape index (κ3) is 2.28. The molecule has 0 radical (unpaired) electrons. The van der Waals surface area contributed by atoms with Crippen molar-refractivity contribution in [3.8, 4) is 5.75 Å². The summed E-state index contributed by atoms with van der Waals surface area (Å²) in [6.45, 7) is 9.33. The summed E-state index contributed by atoms with van der Waals surface area (Å²) >= 11 is 0. The van der Waals surface area contributed by atoms with Gasteiger partial charge in [0.15, 0.2) is 0 Å². The average molecular weight is 192 g/mol. The largest absolute Gasteiger partial charge is 0.494 e.